The fourth-order valence-electron chi connectivity index (χ4n) is 10.6. The molecule has 2 aromatic rings. The molecule has 9 atom stereocenters. The summed E-state index contributed by atoms with van der Waals surface area (Å²) in [4.78, 5) is 29.1. The van der Waals surface area contributed by atoms with Crippen molar-refractivity contribution in [3.8, 4) is 5.75 Å². The number of Topliss-reactive ketones (excluding diaryl/α,β-unsaturated/α-hetero) is 1. The monoisotopic (exact) mass is 629 g/mol. The molecule has 1 heterocycles. The van der Waals surface area contributed by atoms with Crippen molar-refractivity contribution in [2.75, 3.05) is 19.7 Å². The smallest absolute Gasteiger partial charge is 0.178 e. The highest BCUT2D eigenvalue weighted by Gasteiger charge is 2.73. The number of hydrogen-bond donors (Lipinski definition) is 3. The molecule has 2 aromatic carbocycles. The van der Waals surface area contributed by atoms with Crippen molar-refractivity contribution < 1.29 is 29.1 Å². The van der Waals surface area contributed by atoms with Gasteiger partial charge in [0.15, 0.2) is 11.6 Å². The molecule has 0 spiro atoms. The lowest BCUT2D eigenvalue weighted by Crippen LogP contribution is -2.60. The Morgan fingerprint density at radius 2 is 1.78 bits per heavy atom. The Kier molecular flexibility index (Phi) is 7.59. The number of aliphatic hydroxyl groups is 2. The van der Waals surface area contributed by atoms with Crippen molar-refractivity contribution in [2.24, 2.45) is 39.9 Å². The molecule has 45 heavy (non-hydrogen) atoms. The molecule has 0 bridgehead atoms. The number of benzene rings is 2. The molecule has 7 nitrogen and oxygen atoms in total. The summed E-state index contributed by atoms with van der Waals surface area (Å²) < 4.78 is 12.8. The molecule has 8 heteroatoms. The fraction of sp³-hybridized carbons (Fsp3) is 0.514. The lowest BCUT2D eigenvalue weighted by Gasteiger charge is -2.60. The van der Waals surface area contributed by atoms with Crippen LogP contribution in [0.3, 0.4) is 0 Å². The van der Waals surface area contributed by atoms with E-state index in [1.54, 1.807) is 36.4 Å². The van der Waals surface area contributed by atoms with E-state index in [2.05, 4.69) is 30.9 Å². The first-order valence-corrected chi connectivity index (χ1v) is 17.5. The molecule has 1 saturated heterocycles. The van der Waals surface area contributed by atoms with Crippen LogP contribution >= 0.6 is 0 Å². The first-order valence-electron chi connectivity index (χ1n) is 16.2. The third kappa shape index (κ3) is 4.74. The molecule has 7 rings (SSSR count). The summed E-state index contributed by atoms with van der Waals surface area (Å²) in [6.07, 6.45) is 8.04. The normalized spacial score (nSPS) is 37.7. The molecule has 0 radical (unpaired) electrons. The van der Waals surface area contributed by atoms with Gasteiger partial charge in [0.05, 0.1) is 28.1 Å². The molecular formula is C37H43NO6S. The van der Waals surface area contributed by atoms with Gasteiger partial charge in [-0.15, -0.1) is 0 Å². The number of ketones is 2. The number of nitrogens with zero attached hydrogens (tertiary/aromatic N) is 1. The Morgan fingerprint density at radius 3 is 2.49 bits per heavy atom. The summed E-state index contributed by atoms with van der Waals surface area (Å²) in [6.45, 7) is 5.92. The topological polar surface area (TPSA) is 115 Å². The lowest BCUT2D eigenvalue weighted by atomic mass is 9.44. The van der Waals surface area contributed by atoms with Crippen LogP contribution in [0.2, 0.25) is 0 Å². The van der Waals surface area contributed by atoms with Gasteiger partial charge in [-0.25, -0.2) is 0 Å². The zero-order valence-corrected chi connectivity index (χ0v) is 26.8. The summed E-state index contributed by atoms with van der Waals surface area (Å²) in [7, 11) is -1.21. The van der Waals surface area contributed by atoms with Crippen molar-refractivity contribution in [2.45, 2.75) is 62.8 Å². The van der Waals surface area contributed by atoms with Gasteiger partial charge in [0.2, 0.25) is 0 Å². The number of allylic oxidation sites excluding steroid dienone is 4. The number of rotatable bonds is 7. The van der Waals surface area contributed by atoms with Gasteiger partial charge in [0.1, 0.15) is 12.4 Å². The van der Waals surface area contributed by atoms with E-state index < -0.39 is 34.3 Å². The van der Waals surface area contributed by atoms with Crippen molar-refractivity contribution in [3.05, 3.63) is 83.5 Å². The quantitative estimate of drug-likeness (QED) is 0.411. The minimum absolute atomic E-state index is 0.0121. The Hall–Kier alpha value is -2.91. The molecule has 238 valence electrons. The van der Waals surface area contributed by atoms with Gasteiger partial charge in [0, 0.05) is 35.9 Å². The molecule has 3 saturated carbocycles. The molecule has 0 aromatic heterocycles. The van der Waals surface area contributed by atoms with Crippen molar-refractivity contribution >= 4 is 22.4 Å². The second-order valence-electron chi connectivity index (χ2n) is 14.7. The molecule has 1 aliphatic heterocycles. The van der Waals surface area contributed by atoms with E-state index in [-0.39, 0.29) is 46.4 Å². The maximum Gasteiger partial charge on any atom is 0.178 e. The number of carbonyl (C=O) groups is 2. The number of likely N-dealkylation sites (tertiary alicyclic amines) is 1. The van der Waals surface area contributed by atoms with Crippen LogP contribution in [0.15, 0.2) is 77.2 Å². The minimum Gasteiger partial charge on any atom is -0.508 e. The van der Waals surface area contributed by atoms with Crippen LogP contribution in [0.5, 0.6) is 5.75 Å². The van der Waals surface area contributed by atoms with Gasteiger partial charge in [-0.1, -0.05) is 49.8 Å². The van der Waals surface area contributed by atoms with E-state index in [0.717, 1.165) is 42.5 Å². The van der Waals surface area contributed by atoms with Gasteiger partial charge >= 0.3 is 0 Å². The second kappa shape index (κ2) is 11.1. The Bertz CT molecular complexity index is 1600. The first-order chi connectivity index (χ1) is 21.5. The van der Waals surface area contributed by atoms with Crippen LogP contribution in [0.1, 0.15) is 50.7 Å². The van der Waals surface area contributed by atoms with E-state index in [9.17, 15) is 29.1 Å². The Balaban J connectivity index is 1.10. The SMILES string of the molecule is CC12C=CC(=O)C=C1CCC1C2C(O)CC2(C)C1CC1CN(Cc3ccc(CS(=O)c4ccc(O)cc4)cc3)CC12C(=O)CO. The average Bonchev–Trinajstić information content (AvgIpc) is 3.49. The summed E-state index contributed by atoms with van der Waals surface area (Å²) in [6, 6.07) is 14.6. The number of carbonyl (C=O) groups excluding carboxylic acids is 2. The highest BCUT2D eigenvalue weighted by Crippen LogP contribution is 2.72. The summed E-state index contributed by atoms with van der Waals surface area (Å²) in [5.41, 5.74) is 1.72. The van der Waals surface area contributed by atoms with Gasteiger partial charge in [-0.2, -0.15) is 0 Å². The summed E-state index contributed by atoms with van der Waals surface area (Å²) in [5.74, 6) is 1.11. The predicted octanol–water partition coefficient (Wildman–Crippen LogP) is 4.57. The van der Waals surface area contributed by atoms with Crippen LogP contribution in [0.4, 0.5) is 0 Å². The highest BCUT2D eigenvalue weighted by atomic mass is 32.2. The fourth-order valence-corrected chi connectivity index (χ4v) is 11.7. The van der Waals surface area contributed by atoms with Gasteiger partial charge in [-0.05, 0) is 96.4 Å². The molecule has 4 fully saturated rings. The summed E-state index contributed by atoms with van der Waals surface area (Å²) in [5, 5.41) is 31.7. The molecule has 3 N–H and O–H groups in total. The molecule has 5 aliphatic rings. The first kappa shape index (κ1) is 30.7. The third-order valence-corrected chi connectivity index (χ3v) is 14.0. The summed E-state index contributed by atoms with van der Waals surface area (Å²) >= 11 is 0. The number of hydrogen-bond acceptors (Lipinski definition) is 7. The second-order valence-corrected chi connectivity index (χ2v) is 16.1. The lowest BCUT2D eigenvalue weighted by molar-refractivity contribution is -0.159. The molecule has 9 unspecified atom stereocenters. The highest BCUT2D eigenvalue weighted by molar-refractivity contribution is 7.84. The zero-order chi connectivity index (χ0) is 31.7. The van der Waals surface area contributed by atoms with E-state index >= 15 is 0 Å². The van der Waals surface area contributed by atoms with E-state index in [1.807, 2.05) is 18.2 Å². The van der Waals surface area contributed by atoms with Crippen LogP contribution in [-0.2, 0) is 32.7 Å². The van der Waals surface area contributed by atoms with Gasteiger partial charge < -0.3 is 15.3 Å². The average molecular weight is 630 g/mol. The van der Waals surface area contributed by atoms with Crippen LogP contribution < -0.4 is 0 Å². The standard InChI is InChI=1S/C37H43NO6S/c1-35-14-13-28(41)15-25(35)7-12-30-31-16-26-19-38(22-37(26,33(43)20-39)36(31,2)17-32(42)34(30)35)18-23-3-5-24(6-4-23)21-45(44)29-10-8-27(40)9-11-29/h3-6,8-11,13-15,26,30-32,34,39-40,42H,7,12,16-22H2,1-2H3. The molecule has 4 aliphatic carbocycles. The number of aromatic hydroxyl groups is 1. The maximum absolute atomic E-state index is 13.9. The van der Waals surface area contributed by atoms with Crippen LogP contribution in [0, 0.1) is 39.9 Å². The van der Waals surface area contributed by atoms with Crippen LogP contribution in [-0.4, -0.2) is 61.8 Å². The molecule has 0 amide bonds. The number of aliphatic hydroxyl groups excluding tert-OH is 2. The largest absolute Gasteiger partial charge is 0.508 e. The van der Waals surface area contributed by atoms with Crippen molar-refractivity contribution in [3.63, 3.8) is 0 Å². The van der Waals surface area contributed by atoms with Crippen molar-refractivity contribution in [1.29, 1.82) is 0 Å². The number of phenols is 1. The van der Waals surface area contributed by atoms with Gasteiger partial charge in [0.25, 0.3) is 0 Å². The maximum atomic E-state index is 13.9. The number of phenolic OH excluding ortho intramolecular Hbond substituents is 1. The predicted molar refractivity (Wildman–Crippen MR) is 171 cm³/mol. The zero-order valence-electron chi connectivity index (χ0n) is 26.0. The molecular weight excluding hydrogens is 586 g/mol. The minimum atomic E-state index is -1.21. The van der Waals surface area contributed by atoms with E-state index in [1.165, 1.54) is 0 Å². The van der Waals surface area contributed by atoms with E-state index in [0.29, 0.717) is 30.2 Å². The number of fused-ring (bicyclic) bond motifs is 7. The Labute approximate surface area is 267 Å². The van der Waals surface area contributed by atoms with Gasteiger partial charge in [-0.3, -0.25) is 18.7 Å². The Morgan fingerprint density at radius 1 is 1.07 bits per heavy atom. The third-order valence-electron chi connectivity index (χ3n) is 12.6. The van der Waals surface area contributed by atoms with Crippen LogP contribution in [0.25, 0.3) is 0 Å². The van der Waals surface area contributed by atoms with Crippen molar-refractivity contribution in [1.82, 2.24) is 4.90 Å². The van der Waals surface area contributed by atoms with E-state index in [4.69, 9.17) is 0 Å².